The minimum Gasteiger partial charge on any atom is -0.366 e. The van der Waals surface area contributed by atoms with Crippen molar-refractivity contribution in [1.82, 2.24) is 15.3 Å². The van der Waals surface area contributed by atoms with E-state index in [9.17, 15) is 0 Å². The van der Waals surface area contributed by atoms with Gasteiger partial charge in [-0.1, -0.05) is 0 Å². The van der Waals surface area contributed by atoms with Crippen LogP contribution >= 0.6 is 27.5 Å². The van der Waals surface area contributed by atoms with E-state index in [-0.39, 0.29) is 5.28 Å². The minimum atomic E-state index is 0.287. The quantitative estimate of drug-likeness (QED) is 0.822. The fourth-order valence-corrected chi connectivity index (χ4v) is 3.07. The molecular formula is C13H18BrClN4. The normalized spacial score (nSPS) is 27.3. The Labute approximate surface area is 126 Å². The Bertz CT molecular complexity index is 444. The first-order valence-corrected chi connectivity index (χ1v) is 8.08. The summed E-state index contributed by atoms with van der Waals surface area (Å²) >= 11 is 9.28. The standard InChI is InChI=1S/C13H18BrClN4/c14-11-7-16-13(15)19-12(11)18-10-5-3-9(4-6-10)17-8-1-2-8/h7-10,17H,1-6H2,(H,16,18,19). The Morgan fingerprint density at radius 1 is 1.05 bits per heavy atom. The Hall–Kier alpha value is -0.390. The molecule has 1 heterocycles. The van der Waals surface area contributed by atoms with Gasteiger partial charge in [-0.15, -0.1) is 0 Å². The summed E-state index contributed by atoms with van der Waals surface area (Å²) in [6, 6.07) is 2.01. The molecule has 4 nitrogen and oxygen atoms in total. The molecule has 2 aliphatic rings. The summed E-state index contributed by atoms with van der Waals surface area (Å²) < 4.78 is 0.870. The third-order valence-corrected chi connectivity index (χ3v) is 4.59. The summed E-state index contributed by atoms with van der Waals surface area (Å²) in [7, 11) is 0. The Kier molecular flexibility index (Phi) is 4.24. The average Bonchev–Trinajstić information content (AvgIpc) is 3.20. The topological polar surface area (TPSA) is 49.8 Å². The van der Waals surface area contributed by atoms with Gasteiger partial charge in [-0.2, -0.15) is 4.98 Å². The molecule has 2 aliphatic carbocycles. The van der Waals surface area contributed by atoms with E-state index in [1.807, 2.05) is 0 Å². The SMILES string of the molecule is Clc1ncc(Br)c(NC2CCC(NC3CC3)CC2)n1. The van der Waals surface area contributed by atoms with Gasteiger partial charge < -0.3 is 10.6 Å². The van der Waals surface area contributed by atoms with E-state index in [0.29, 0.717) is 12.1 Å². The van der Waals surface area contributed by atoms with E-state index < -0.39 is 0 Å². The fourth-order valence-electron chi connectivity index (χ4n) is 2.63. The summed E-state index contributed by atoms with van der Waals surface area (Å²) in [4.78, 5) is 8.17. The summed E-state index contributed by atoms with van der Waals surface area (Å²) in [6.45, 7) is 0. The van der Waals surface area contributed by atoms with Crippen LogP contribution in [0.25, 0.3) is 0 Å². The molecule has 2 saturated carbocycles. The molecular weight excluding hydrogens is 328 g/mol. The number of halogens is 2. The smallest absolute Gasteiger partial charge is 0.224 e. The maximum atomic E-state index is 5.83. The largest absolute Gasteiger partial charge is 0.366 e. The average molecular weight is 346 g/mol. The molecule has 3 rings (SSSR count). The molecule has 2 fully saturated rings. The van der Waals surface area contributed by atoms with Crippen LogP contribution in [0, 0.1) is 0 Å². The molecule has 0 saturated heterocycles. The molecule has 0 aromatic carbocycles. The van der Waals surface area contributed by atoms with Crippen molar-refractivity contribution in [2.75, 3.05) is 5.32 Å². The van der Waals surface area contributed by atoms with Crippen LogP contribution in [0.15, 0.2) is 10.7 Å². The number of nitrogens with one attached hydrogen (secondary N) is 2. The Morgan fingerprint density at radius 2 is 1.63 bits per heavy atom. The maximum Gasteiger partial charge on any atom is 0.224 e. The number of aromatic nitrogens is 2. The monoisotopic (exact) mass is 344 g/mol. The predicted molar refractivity (Wildman–Crippen MR) is 80.6 cm³/mol. The second-order valence-corrected chi connectivity index (χ2v) is 6.66. The van der Waals surface area contributed by atoms with E-state index in [0.717, 1.165) is 16.3 Å². The number of nitrogens with zero attached hydrogens (tertiary/aromatic N) is 2. The van der Waals surface area contributed by atoms with E-state index >= 15 is 0 Å². The fraction of sp³-hybridized carbons (Fsp3) is 0.692. The molecule has 0 bridgehead atoms. The lowest BCUT2D eigenvalue weighted by molar-refractivity contribution is 0.351. The van der Waals surface area contributed by atoms with Gasteiger partial charge in [0.1, 0.15) is 5.82 Å². The molecule has 0 aliphatic heterocycles. The van der Waals surface area contributed by atoms with E-state index in [2.05, 4.69) is 36.5 Å². The molecule has 2 N–H and O–H groups in total. The van der Waals surface area contributed by atoms with E-state index in [1.54, 1.807) is 6.20 Å². The van der Waals surface area contributed by atoms with Gasteiger partial charge in [0.25, 0.3) is 0 Å². The molecule has 0 unspecified atom stereocenters. The first-order valence-electron chi connectivity index (χ1n) is 6.91. The Morgan fingerprint density at radius 3 is 2.26 bits per heavy atom. The molecule has 0 amide bonds. The van der Waals surface area contributed by atoms with Gasteiger partial charge >= 0.3 is 0 Å². The highest BCUT2D eigenvalue weighted by atomic mass is 79.9. The lowest BCUT2D eigenvalue weighted by atomic mass is 9.91. The molecule has 0 radical (unpaired) electrons. The number of hydrogen-bond acceptors (Lipinski definition) is 4. The van der Waals surface area contributed by atoms with Crippen LogP contribution in [0.3, 0.4) is 0 Å². The van der Waals surface area contributed by atoms with Gasteiger partial charge in [-0.3, -0.25) is 0 Å². The molecule has 19 heavy (non-hydrogen) atoms. The minimum absolute atomic E-state index is 0.287. The van der Waals surface area contributed by atoms with Crippen molar-refractivity contribution < 1.29 is 0 Å². The van der Waals surface area contributed by atoms with Crippen LogP contribution in [-0.4, -0.2) is 28.1 Å². The van der Waals surface area contributed by atoms with E-state index in [1.165, 1.54) is 38.5 Å². The molecule has 1 aromatic rings. The second-order valence-electron chi connectivity index (χ2n) is 5.47. The highest BCUT2D eigenvalue weighted by Crippen LogP contribution is 2.28. The third kappa shape index (κ3) is 3.80. The summed E-state index contributed by atoms with van der Waals surface area (Å²) in [6.07, 6.45) is 9.26. The first kappa shape index (κ1) is 13.6. The van der Waals surface area contributed by atoms with Gasteiger partial charge in [0.15, 0.2) is 0 Å². The lowest BCUT2D eigenvalue weighted by Crippen LogP contribution is -2.38. The van der Waals surface area contributed by atoms with Crippen LogP contribution in [-0.2, 0) is 0 Å². The van der Waals surface area contributed by atoms with Crippen LogP contribution < -0.4 is 10.6 Å². The van der Waals surface area contributed by atoms with Crippen molar-refractivity contribution in [2.45, 2.75) is 56.7 Å². The van der Waals surface area contributed by atoms with Crippen molar-refractivity contribution in [1.29, 1.82) is 0 Å². The van der Waals surface area contributed by atoms with E-state index in [4.69, 9.17) is 11.6 Å². The zero-order chi connectivity index (χ0) is 13.2. The van der Waals surface area contributed by atoms with Gasteiger partial charge in [0.05, 0.1) is 4.47 Å². The Balaban J connectivity index is 1.52. The zero-order valence-electron chi connectivity index (χ0n) is 10.7. The number of hydrogen-bond donors (Lipinski definition) is 2. The first-order chi connectivity index (χ1) is 9.20. The lowest BCUT2D eigenvalue weighted by Gasteiger charge is -2.30. The summed E-state index contributed by atoms with van der Waals surface area (Å²) in [5.74, 6) is 0.804. The molecule has 6 heteroatoms. The van der Waals surface area contributed by atoms with Gasteiger partial charge in [-0.05, 0) is 66.1 Å². The van der Waals surface area contributed by atoms with Crippen molar-refractivity contribution in [3.8, 4) is 0 Å². The number of anilines is 1. The van der Waals surface area contributed by atoms with Crippen LogP contribution in [0.2, 0.25) is 5.28 Å². The zero-order valence-corrected chi connectivity index (χ0v) is 13.0. The van der Waals surface area contributed by atoms with Crippen LogP contribution in [0.4, 0.5) is 5.82 Å². The van der Waals surface area contributed by atoms with Crippen molar-refractivity contribution in [3.05, 3.63) is 16.0 Å². The second kappa shape index (κ2) is 5.94. The molecule has 0 atom stereocenters. The summed E-state index contributed by atoms with van der Waals surface area (Å²) in [5.41, 5.74) is 0. The van der Waals surface area contributed by atoms with Crippen molar-refractivity contribution >= 4 is 33.3 Å². The van der Waals surface area contributed by atoms with Gasteiger partial charge in [-0.25, -0.2) is 4.98 Å². The maximum absolute atomic E-state index is 5.83. The van der Waals surface area contributed by atoms with Gasteiger partial charge in [0.2, 0.25) is 5.28 Å². The summed E-state index contributed by atoms with van der Waals surface area (Å²) in [5, 5.41) is 7.47. The van der Waals surface area contributed by atoms with Crippen LogP contribution in [0.1, 0.15) is 38.5 Å². The van der Waals surface area contributed by atoms with Gasteiger partial charge in [0, 0.05) is 24.3 Å². The molecule has 0 spiro atoms. The highest BCUT2D eigenvalue weighted by Gasteiger charge is 2.28. The molecule has 104 valence electrons. The number of rotatable bonds is 4. The highest BCUT2D eigenvalue weighted by molar-refractivity contribution is 9.10. The van der Waals surface area contributed by atoms with Crippen molar-refractivity contribution in [2.24, 2.45) is 0 Å². The van der Waals surface area contributed by atoms with Crippen molar-refractivity contribution in [3.63, 3.8) is 0 Å². The molecule has 1 aromatic heterocycles. The third-order valence-electron chi connectivity index (χ3n) is 3.83. The van der Waals surface area contributed by atoms with Crippen LogP contribution in [0.5, 0.6) is 0 Å². The predicted octanol–water partition coefficient (Wildman–Crippen LogP) is 3.37.